The summed E-state index contributed by atoms with van der Waals surface area (Å²) >= 11 is 0. The largest absolute Gasteiger partial charge is 0.375 e. The van der Waals surface area contributed by atoms with E-state index in [1.165, 1.54) is 5.01 Å². The van der Waals surface area contributed by atoms with Gasteiger partial charge in [0.25, 0.3) is 0 Å². The lowest BCUT2D eigenvalue weighted by Gasteiger charge is -2.25. The zero-order chi connectivity index (χ0) is 17.4. The molecule has 0 amide bonds. The Bertz CT molecular complexity index is 998. The van der Waals surface area contributed by atoms with Crippen LogP contribution in [0, 0.1) is 11.3 Å². The Morgan fingerprint density at radius 1 is 1.44 bits per heavy atom. The molecule has 2 aliphatic heterocycles. The van der Waals surface area contributed by atoms with Crippen molar-refractivity contribution in [3.05, 3.63) is 47.9 Å². The molecule has 1 aromatic heterocycles. The van der Waals surface area contributed by atoms with E-state index in [9.17, 15) is 4.79 Å². The summed E-state index contributed by atoms with van der Waals surface area (Å²) in [6.07, 6.45) is 4.77. The molecule has 10 nitrogen and oxygen atoms in total. The Morgan fingerprint density at radius 2 is 2.28 bits per heavy atom. The molecule has 10 heteroatoms. The second-order valence-electron chi connectivity index (χ2n) is 5.38. The molecule has 2 aromatic rings. The minimum atomic E-state index is -1.75. The van der Waals surface area contributed by atoms with Gasteiger partial charge in [-0.05, 0) is 23.4 Å². The first-order valence-corrected chi connectivity index (χ1v) is 7.34. The SMILES string of the molecule is N#CCC1=C2N=CC=CN2NC1(N)C(=O)On1nnc2ccccc21. The first kappa shape index (κ1) is 15.0. The van der Waals surface area contributed by atoms with Gasteiger partial charge in [-0.2, -0.15) is 10.7 Å². The standard InChI is InChI=1S/C15H12N8O2/c16-7-6-10-13-18-8-3-9-22(13)20-15(10,17)14(24)25-23-12-5-2-1-4-11(12)19-21-23/h1-5,8-9,20H,6,17H2. The predicted molar refractivity (Wildman–Crippen MR) is 85.9 cm³/mol. The van der Waals surface area contributed by atoms with Gasteiger partial charge in [0.15, 0.2) is 5.82 Å². The fourth-order valence-corrected chi connectivity index (χ4v) is 2.65. The van der Waals surface area contributed by atoms with E-state index in [0.717, 1.165) is 4.85 Å². The molecule has 4 rings (SSSR count). The average Bonchev–Trinajstić information content (AvgIpc) is 3.16. The second kappa shape index (κ2) is 5.52. The van der Waals surface area contributed by atoms with Crippen LogP contribution in [0.5, 0.6) is 0 Å². The summed E-state index contributed by atoms with van der Waals surface area (Å²) in [4.78, 5) is 23.2. The molecule has 0 bridgehead atoms. The van der Waals surface area contributed by atoms with Gasteiger partial charge in [0, 0.05) is 18.0 Å². The Morgan fingerprint density at radius 3 is 3.12 bits per heavy atom. The van der Waals surface area contributed by atoms with E-state index in [-0.39, 0.29) is 6.42 Å². The molecule has 3 N–H and O–H groups in total. The van der Waals surface area contributed by atoms with E-state index in [2.05, 4.69) is 20.7 Å². The van der Waals surface area contributed by atoms with Crippen molar-refractivity contribution >= 4 is 23.2 Å². The monoisotopic (exact) mass is 336 g/mol. The Balaban J connectivity index is 1.69. The summed E-state index contributed by atoms with van der Waals surface area (Å²) in [7, 11) is 0. The Labute approximate surface area is 141 Å². The third-order valence-corrected chi connectivity index (χ3v) is 3.86. The van der Waals surface area contributed by atoms with Crippen LogP contribution in [-0.2, 0) is 4.79 Å². The highest BCUT2D eigenvalue weighted by Crippen LogP contribution is 2.31. The molecule has 1 aromatic carbocycles. The molecule has 1 atom stereocenters. The number of hydrogen-bond acceptors (Lipinski definition) is 9. The highest BCUT2D eigenvalue weighted by Gasteiger charge is 2.49. The highest BCUT2D eigenvalue weighted by atomic mass is 16.7. The van der Waals surface area contributed by atoms with Crippen LogP contribution in [0.3, 0.4) is 0 Å². The molecule has 2 aliphatic rings. The summed E-state index contributed by atoms with van der Waals surface area (Å²) in [5.74, 6) is -0.439. The molecular weight excluding hydrogens is 324 g/mol. The van der Waals surface area contributed by atoms with Crippen molar-refractivity contribution < 1.29 is 9.63 Å². The van der Waals surface area contributed by atoms with E-state index in [1.807, 2.05) is 6.07 Å². The van der Waals surface area contributed by atoms with Crippen LogP contribution in [-0.4, -0.2) is 38.0 Å². The van der Waals surface area contributed by atoms with Gasteiger partial charge in [0.05, 0.1) is 12.5 Å². The summed E-state index contributed by atoms with van der Waals surface area (Å²) in [6.45, 7) is 0. The molecule has 3 heterocycles. The van der Waals surface area contributed by atoms with Gasteiger partial charge in [-0.3, -0.25) is 10.7 Å². The minimum Gasteiger partial charge on any atom is -0.313 e. The van der Waals surface area contributed by atoms with Crippen molar-refractivity contribution in [3.63, 3.8) is 0 Å². The molecule has 0 saturated heterocycles. The van der Waals surface area contributed by atoms with Gasteiger partial charge in [-0.15, -0.1) is 5.10 Å². The number of rotatable bonds is 3. The van der Waals surface area contributed by atoms with E-state index in [0.29, 0.717) is 22.4 Å². The number of nitriles is 1. The van der Waals surface area contributed by atoms with Crippen molar-refractivity contribution in [2.45, 2.75) is 12.1 Å². The van der Waals surface area contributed by atoms with Crippen molar-refractivity contribution in [1.82, 2.24) is 25.6 Å². The van der Waals surface area contributed by atoms with Gasteiger partial charge in [0.1, 0.15) is 11.0 Å². The molecule has 1 unspecified atom stereocenters. The van der Waals surface area contributed by atoms with Gasteiger partial charge in [0.2, 0.25) is 5.66 Å². The second-order valence-corrected chi connectivity index (χ2v) is 5.38. The highest BCUT2D eigenvalue weighted by molar-refractivity contribution is 5.87. The number of nitrogens with one attached hydrogen (secondary N) is 1. The number of carbonyl (C=O) groups is 1. The van der Waals surface area contributed by atoms with Crippen LogP contribution in [0.1, 0.15) is 6.42 Å². The third kappa shape index (κ3) is 2.26. The van der Waals surface area contributed by atoms with Crippen molar-refractivity contribution in [1.29, 1.82) is 5.26 Å². The number of fused-ring (bicyclic) bond motifs is 2. The van der Waals surface area contributed by atoms with Crippen LogP contribution < -0.4 is 16.0 Å². The van der Waals surface area contributed by atoms with E-state index in [1.54, 1.807) is 42.8 Å². The maximum atomic E-state index is 12.8. The van der Waals surface area contributed by atoms with Crippen LogP contribution in [0.2, 0.25) is 0 Å². The van der Waals surface area contributed by atoms with E-state index in [4.69, 9.17) is 15.8 Å². The maximum absolute atomic E-state index is 12.8. The Kier molecular flexibility index (Phi) is 3.31. The lowest BCUT2D eigenvalue weighted by Crippen LogP contribution is -2.62. The quantitative estimate of drug-likeness (QED) is 0.722. The summed E-state index contributed by atoms with van der Waals surface area (Å²) in [5.41, 5.74) is 8.71. The summed E-state index contributed by atoms with van der Waals surface area (Å²) in [6, 6.07) is 9.01. The lowest BCUT2D eigenvalue weighted by atomic mass is 10.00. The molecule has 0 spiro atoms. The van der Waals surface area contributed by atoms with E-state index >= 15 is 0 Å². The smallest absolute Gasteiger partial charge is 0.313 e. The molecular formula is C15H12N8O2. The first-order valence-electron chi connectivity index (χ1n) is 7.34. The van der Waals surface area contributed by atoms with Gasteiger partial charge in [-0.25, -0.2) is 9.79 Å². The van der Waals surface area contributed by atoms with Crippen LogP contribution in [0.4, 0.5) is 0 Å². The fraction of sp³-hybridized carbons (Fsp3) is 0.133. The number of nitrogens with two attached hydrogens (primary N) is 1. The number of hydrogen-bond donors (Lipinski definition) is 2. The number of aromatic nitrogens is 3. The molecule has 124 valence electrons. The van der Waals surface area contributed by atoms with Crippen molar-refractivity contribution in [2.75, 3.05) is 0 Å². The van der Waals surface area contributed by atoms with Gasteiger partial charge in [-0.1, -0.05) is 17.0 Å². The molecule has 0 saturated carbocycles. The first-order chi connectivity index (χ1) is 12.1. The molecule has 0 fully saturated rings. The van der Waals surface area contributed by atoms with Gasteiger partial charge < -0.3 is 4.84 Å². The zero-order valence-corrected chi connectivity index (χ0v) is 12.8. The predicted octanol–water partition coefficient (Wildman–Crippen LogP) is -0.415. The summed E-state index contributed by atoms with van der Waals surface area (Å²) < 4.78 is 0. The number of allylic oxidation sites excluding steroid dienone is 1. The maximum Gasteiger partial charge on any atom is 0.375 e. The number of hydrazine groups is 1. The minimum absolute atomic E-state index is 0.0896. The van der Waals surface area contributed by atoms with Crippen LogP contribution in [0.25, 0.3) is 11.0 Å². The summed E-state index contributed by atoms with van der Waals surface area (Å²) in [5, 5.41) is 18.3. The van der Waals surface area contributed by atoms with Crippen molar-refractivity contribution in [3.8, 4) is 6.07 Å². The number of carbonyl (C=O) groups excluding carboxylic acids is 1. The average molecular weight is 336 g/mol. The lowest BCUT2D eigenvalue weighted by molar-refractivity contribution is -0.152. The van der Waals surface area contributed by atoms with Crippen LogP contribution >= 0.6 is 0 Å². The third-order valence-electron chi connectivity index (χ3n) is 3.86. The van der Waals surface area contributed by atoms with Gasteiger partial charge >= 0.3 is 5.97 Å². The molecule has 0 radical (unpaired) electrons. The van der Waals surface area contributed by atoms with Crippen LogP contribution in [0.15, 0.2) is 52.9 Å². The number of aliphatic imine (C=N–C) groups is 1. The normalized spacial score (nSPS) is 21.5. The molecule has 0 aliphatic carbocycles. The zero-order valence-electron chi connectivity index (χ0n) is 12.8. The number of para-hydroxylation sites is 1. The van der Waals surface area contributed by atoms with E-state index < -0.39 is 11.6 Å². The van der Waals surface area contributed by atoms with Crippen molar-refractivity contribution in [2.24, 2.45) is 10.7 Å². The topological polar surface area (TPSA) is 134 Å². The fourth-order valence-electron chi connectivity index (χ4n) is 2.65. The molecule has 25 heavy (non-hydrogen) atoms. The number of nitrogens with zero attached hydrogens (tertiary/aromatic N) is 6. The number of benzene rings is 1. The Hall–Kier alpha value is -3.55.